The van der Waals surface area contributed by atoms with E-state index in [9.17, 15) is 9.59 Å². The van der Waals surface area contributed by atoms with Crippen molar-refractivity contribution in [2.24, 2.45) is 0 Å². The first kappa shape index (κ1) is 22.3. The molecule has 1 atom stereocenters. The SMILES string of the molecule is COC(=O)/C=C/C(=O)OC/C=C/C=C/[C@H](C)O[Si](C)(C)C(C)(C)C. The van der Waals surface area contributed by atoms with Crippen LogP contribution >= 0.6 is 0 Å². The summed E-state index contributed by atoms with van der Waals surface area (Å²) in [5.41, 5.74) is 0. The summed E-state index contributed by atoms with van der Waals surface area (Å²) in [5, 5.41) is 0.177. The summed E-state index contributed by atoms with van der Waals surface area (Å²) in [7, 11) is -0.531. The van der Waals surface area contributed by atoms with Crippen molar-refractivity contribution in [3.63, 3.8) is 0 Å². The van der Waals surface area contributed by atoms with Gasteiger partial charge in [-0.05, 0) is 31.1 Å². The number of rotatable bonds is 8. The van der Waals surface area contributed by atoms with E-state index in [4.69, 9.17) is 9.16 Å². The van der Waals surface area contributed by atoms with Crippen molar-refractivity contribution in [3.8, 4) is 0 Å². The fourth-order valence-electron chi connectivity index (χ4n) is 1.42. The van der Waals surface area contributed by atoms with Crippen LogP contribution in [0.3, 0.4) is 0 Å². The van der Waals surface area contributed by atoms with Gasteiger partial charge in [-0.1, -0.05) is 39.0 Å². The molecule has 0 saturated heterocycles. The normalized spacial score (nSPS) is 14.5. The van der Waals surface area contributed by atoms with Crippen LogP contribution in [-0.2, 0) is 23.5 Å². The van der Waals surface area contributed by atoms with E-state index in [0.717, 1.165) is 12.2 Å². The molecule has 0 aliphatic heterocycles. The van der Waals surface area contributed by atoms with Gasteiger partial charge in [0, 0.05) is 12.2 Å². The Morgan fingerprint density at radius 1 is 1.08 bits per heavy atom. The van der Waals surface area contributed by atoms with Gasteiger partial charge < -0.3 is 13.9 Å². The van der Waals surface area contributed by atoms with Crippen molar-refractivity contribution < 1.29 is 23.5 Å². The van der Waals surface area contributed by atoms with E-state index in [0.29, 0.717) is 0 Å². The van der Waals surface area contributed by atoms with Gasteiger partial charge in [-0.15, -0.1) is 0 Å². The molecular weight excluding hydrogens is 324 g/mol. The molecule has 0 N–H and O–H groups in total. The second-order valence-electron chi connectivity index (χ2n) is 6.88. The average molecular weight is 355 g/mol. The maximum Gasteiger partial charge on any atom is 0.331 e. The Hall–Kier alpha value is -1.66. The van der Waals surface area contributed by atoms with Crippen molar-refractivity contribution >= 4 is 20.3 Å². The minimum atomic E-state index is -1.77. The van der Waals surface area contributed by atoms with Gasteiger partial charge in [-0.25, -0.2) is 9.59 Å². The van der Waals surface area contributed by atoms with Gasteiger partial charge in [0.05, 0.1) is 13.2 Å². The Labute approximate surface area is 146 Å². The second-order valence-corrected chi connectivity index (χ2v) is 11.6. The van der Waals surface area contributed by atoms with E-state index in [1.165, 1.54) is 7.11 Å². The number of carbonyl (C=O) groups excluding carboxylic acids is 2. The lowest BCUT2D eigenvalue weighted by Crippen LogP contribution is -2.42. The summed E-state index contributed by atoms with van der Waals surface area (Å²) >= 11 is 0. The summed E-state index contributed by atoms with van der Waals surface area (Å²) in [6, 6.07) is 0. The molecule has 136 valence electrons. The molecule has 0 bridgehead atoms. The molecule has 0 unspecified atom stereocenters. The Morgan fingerprint density at radius 3 is 2.21 bits per heavy atom. The van der Waals surface area contributed by atoms with Crippen LogP contribution in [0.2, 0.25) is 18.1 Å². The summed E-state index contributed by atoms with van der Waals surface area (Å²) in [6.45, 7) is 13.2. The van der Waals surface area contributed by atoms with E-state index in [1.54, 1.807) is 12.2 Å². The molecule has 0 rings (SSSR count). The molecule has 0 aromatic heterocycles. The van der Waals surface area contributed by atoms with Crippen LogP contribution in [0.25, 0.3) is 0 Å². The molecule has 0 radical (unpaired) electrons. The van der Waals surface area contributed by atoms with Gasteiger partial charge in [0.2, 0.25) is 0 Å². The molecule has 0 fully saturated rings. The largest absolute Gasteiger partial charge is 0.466 e. The van der Waals surface area contributed by atoms with Crippen LogP contribution in [0.1, 0.15) is 27.7 Å². The number of hydrogen-bond donors (Lipinski definition) is 0. The molecule has 6 heteroatoms. The monoisotopic (exact) mass is 354 g/mol. The van der Waals surface area contributed by atoms with Crippen molar-refractivity contribution in [1.82, 2.24) is 0 Å². The summed E-state index contributed by atoms with van der Waals surface area (Å²) < 4.78 is 15.5. The van der Waals surface area contributed by atoms with E-state index >= 15 is 0 Å². The summed E-state index contributed by atoms with van der Waals surface area (Å²) in [4.78, 5) is 22.1. The maximum absolute atomic E-state index is 11.3. The van der Waals surface area contributed by atoms with Crippen molar-refractivity contribution in [2.75, 3.05) is 13.7 Å². The maximum atomic E-state index is 11.3. The van der Waals surface area contributed by atoms with E-state index in [2.05, 4.69) is 38.6 Å². The van der Waals surface area contributed by atoms with Crippen molar-refractivity contribution in [3.05, 3.63) is 36.5 Å². The third kappa shape index (κ3) is 9.47. The smallest absolute Gasteiger partial charge is 0.331 e. The highest BCUT2D eigenvalue weighted by Gasteiger charge is 2.37. The molecule has 0 aromatic carbocycles. The van der Waals surface area contributed by atoms with E-state index in [-0.39, 0.29) is 17.7 Å². The second kappa shape index (κ2) is 10.3. The van der Waals surface area contributed by atoms with Gasteiger partial charge in [0.25, 0.3) is 0 Å². The highest BCUT2D eigenvalue weighted by Crippen LogP contribution is 2.37. The molecule has 0 amide bonds. The van der Waals surface area contributed by atoms with Gasteiger partial charge in [-0.2, -0.15) is 0 Å². The lowest BCUT2D eigenvalue weighted by atomic mass is 10.2. The molecule has 5 nitrogen and oxygen atoms in total. The highest BCUT2D eigenvalue weighted by molar-refractivity contribution is 6.74. The minimum Gasteiger partial charge on any atom is -0.466 e. The first-order valence-electron chi connectivity index (χ1n) is 7.93. The lowest BCUT2D eigenvalue weighted by molar-refractivity contribution is -0.138. The molecule has 0 aliphatic rings. The predicted octanol–water partition coefficient (Wildman–Crippen LogP) is 3.78. The molecule has 0 saturated carbocycles. The van der Waals surface area contributed by atoms with Gasteiger partial charge >= 0.3 is 11.9 Å². The average Bonchev–Trinajstić information content (AvgIpc) is 2.46. The number of esters is 2. The van der Waals surface area contributed by atoms with Crippen LogP contribution in [0.15, 0.2) is 36.5 Å². The van der Waals surface area contributed by atoms with Crippen LogP contribution in [-0.4, -0.2) is 40.1 Å². The molecular formula is C18H30O5Si. The minimum absolute atomic E-state index is 0.0288. The summed E-state index contributed by atoms with van der Waals surface area (Å²) in [5.74, 6) is -1.19. The molecule has 0 heterocycles. The van der Waals surface area contributed by atoms with Crippen LogP contribution in [0.4, 0.5) is 0 Å². The third-order valence-corrected chi connectivity index (χ3v) is 8.37. The quantitative estimate of drug-likeness (QED) is 0.287. The van der Waals surface area contributed by atoms with Crippen molar-refractivity contribution in [2.45, 2.75) is 51.9 Å². The zero-order valence-electron chi connectivity index (χ0n) is 15.8. The van der Waals surface area contributed by atoms with Crippen molar-refractivity contribution in [1.29, 1.82) is 0 Å². The Kier molecular flexibility index (Phi) is 9.54. The Bertz CT molecular complexity index is 498. The number of methoxy groups -OCH3 is 1. The Morgan fingerprint density at radius 2 is 1.67 bits per heavy atom. The third-order valence-electron chi connectivity index (χ3n) is 3.79. The van der Waals surface area contributed by atoms with Gasteiger partial charge in [0.1, 0.15) is 6.61 Å². The molecule has 0 aromatic rings. The summed E-state index contributed by atoms with van der Waals surface area (Å²) in [6.07, 6.45) is 9.42. The molecule has 0 spiro atoms. The van der Waals surface area contributed by atoms with Gasteiger partial charge in [-0.3, -0.25) is 0 Å². The zero-order chi connectivity index (χ0) is 18.8. The first-order valence-corrected chi connectivity index (χ1v) is 10.8. The van der Waals surface area contributed by atoms with Crippen LogP contribution in [0, 0.1) is 0 Å². The topological polar surface area (TPSA) is 61.8 Å². The first-order chi connectivity index (χ1) is 11.0. The standard InChI is InChI=1S/C18H30O5Si/c1-15(23-24(6,7)18(2,3)4)11-9-8-10-14-22-17(20)13-12-16(19)21-5/h8-13,15H,14H2,1-7H3/b10-8+,11-9+,13-12+/t15-/m0/s1. The number of hydrogen-bond acceptors (Lipinski definition) is 5. The lowest BCUT2D eigenvalue weighted by Gasteiger charge is -2.37. The fourth-order valence-corrected chi connectivity index (χ4v) is 2.78. The Balaban J connectivity index is 4.19. The van der Waals surface area contributed by atoms with E-state index < -0.39 is 20.3 Å². The van der Waals surface area contributed by atoms with Crippen LogP contribution < -0.4 is 0 Å². The van der Waals surface area contributed by atoms with E-state index in [1.807, 2.05) is 19.1 Å². The molecule has 0 aliphatic carbocycles. The number of allylic oxidation sites excluding steroid dienone is 2. The van der Waals surface area contributed by atoms with Gasteiger partial charge in [0.15, 0.2) is 8.32 Å². The zero-order valence-corrected chi connectivity index (χ0v) is 16.8. The number of carbonyl (C=O) groups is 2. The van der Waals surface area contributed by atoms with Crippen LogP contribution in [0.5, 0.6) is 0 Å². The predicted molar refractivity (Wildman–Crippen MR) is 98.1 cm³/mol. The fraction of sp³-hybridized carbons (Fsp3) is 0.556. The molecule has 24 heavy (non-hydrogen) atoms. The highest BCUT2D eigenvalue weighted by atomic mass is 28.4. The number of ether oxygens (including phenoxy) is 2.